The predicted octanol–water partition coefficient (Wildman–Crippen LogP) is 3.68. The van der Waals surface area contributed by atoms with Crippen molar-refractivity contribution < 1.29 is 27.4 Å². The number of halogens is 1. The van der Waals surface area contributed by atoms with Crippen LogP contribution in [0.5, 0.6) is 5.75 Å². The largest absolute Gasteiger partial charge is 0.490 e. The molecule has 0 aromatic heterocycles. The van der Waals surface area contributed by atoms with E-state index in [1.807, 2.05) is 6.07 Å². The molecule has 1 aliphatic heterocycles. The summed E-state index contributed by atoms with van der Waals surface area (Å²) < 4.78 is 41.1. The molecule has 8 nitrogen and oxygen atoms in total. The lowest BCUT2D eigenvalue weighted by atomic mass is 9.69. The van der Waals surface area contributed by atoms with Gasteiger partial charge in [0.15, 0.2) is 0 Å². The number of anilines is 1. The van der Waals surface area contributed by atoms with Gasteiger partial charge in [0.05, 0.1) is 30.9 Å². The van der Waals surface area contributed by atoms with E-state index in [4.69, 9.17) is 26.2 Å². The second-order valence-electron chi connectivity index (χ2n) is 10.5. The summed E-state index contributed by atoms with van der Waals surface area (Å²) in [5.41, 5.74) is 2.99. The van der Waals surface area contributed by atoms with Crippen LogP contribution in [0, 0.1) is 11.8 Å². The summed E-state index contributed by atoms with van der Waals surface area (Å²) in [6, 6.07) is 11.0. The van der Waals surface area contributed by atoms with Gasteiger partial charge in [-0.15, -0.1) is 0 Å². The molecule has 200 valence electrons. The number of esters is 1. The molecule has 0 radical (unpaired) electrons. The average Bonchev–Trinajstić information content (AvgIpc) is 3.00. The van der Waals surface area contributed by atoms with Crippen LogP contribution in [0.4, 0.5) is 5.69 Å². The van der Waals surface area contributed by atoms with E-state index in [1.165, 1.54) is 24.3 Å². The van der Waals surface area contributed by atoms with Gasteiger partial charge >= 0.3 is 5.97 Å². The molecule has 2 N–H and O–H groups in total. The lowest BCUT2D eigenvalue weighted by molar-refractivity contribution is -0.147. The Balaban J connectivity index is 1.46. The summed E-state index contributed by atoms with van der Waals surface area (Å²) in [5, 5.41) is 6.21. The average molecular weight is 549 g/mol. The molecule has 2 aromatic rings. The number of hydrogen-bond acceptors (Lipinski definition) is 7. The normalized spacial score (nSPS) is 24.9. The fourth-order valence-electron chi connectivity index (χ4n) is 6.00. The quantitative estimate of drug-likeness (QED) is 0.526. The molecule has 37 heavy (non-hydrogen) atoms. The molecule has 5 rings (SSSR count). The minimum atomic E-state index is -3.87. The van der Waals surface area contributed by atoms with Crippen molar-refractivity contribution in [1.82, 2.24) is 0 Å². The third kappa shape index (κ3) is 5.46. The number of nitrogens with two attached hydrogens (primary N) is 1. The van der Waals surface area contributed by atoms with Gasteiger partial charge < -0.3 is 19.1 Å². The van der Waals surface area contributed by atoms with Crippen LogP contribution in [0.1, 0.15) is 36.8 Å². The summed E-state index contributed by atoms with van der Waals surface area (Å²) in [6.07, 6.45) is 5.02. The van der Waals surface area contributed by atoms with E-state index in [2.05, 4.69) is 21.8 Å². The third-order valence-corrected chi connectivity index (χ3v) is 9.29. The third-order valence-electron chi connectivity index (χ3n) is 8.15. The SMILES string of the molecule is COC(=O)COC[C@@H]1CC[C@H]1CN1C[C@@]2(CCCc3cc(Cl)ccc32)COc2ccc(S(N)(=O)=O)cc21. The van der Waals surface area contributed by atoms with Crippen LogP contribution in [-0.4, -0.2) is 54.4 Å². The number of ether oxygens (including phenoxy) is 3. The Bertz CT molecular complexity index is 1290. The van der Waals surface area contributed by atoms with Gasteiger partial charge in [-0.25, -0.2) is 18.4 Å². The molecule has 1 heterocycles. The summed E-state index contributed by atoms with van der Waals surface area (Å²) in [6.45, 7) is 2.34. The molecule has 0 amide bonds. The molecular weight excluding hydrogens is 516 g/mol. The van der Waals surface area contributed by atoms with Crippen LogP contribution in [0.3, 0.4) is 0 Å². The number of methoxy groups -OCH3 is 1. The number of nitrogens with zero attached hydrogens (tertiary/aromatic N) is 1. The van der Waals surface area contributed by atoms with Crippen molar-refractivity contribution in [3.63, 3.8) is 0 Å². The Morgan fingerprint density at radius 2 is 2.03 bits per heavy atom. The number of primary sulfonamides is 1. The topological polar surface area (TPSA) is 108 Å². The first-order valence-corrected chi connectivity index (χ1v) is 14.6. The second kappa shape index (κ2) is 10.4. The fourth-order valence-corrected chi connectivity index (χ4v) is 6.73. The molecule has 3 aliphatic rings. The maximum absolute atomic E-state index is 12.2. The van der Waals surface area contributed by atoms with Gasteiger partial charge in [0.25, 0.3) is 0 Å². The van der Waals surface area contributed by atoms with Gasteiger partial charge in [0.2, 0.25) is 10.0 Å². The van der Waals surface area contributed by atoms with Crippen molar-refractivity contribution in [2.75, 3.05) is 44.9 Å². The van der Waals surface area contributed by atoms with Gasteiger partial charge in [0, 0.05) is 23.5 Å². The maximum atomic E-state index is 12.2. The number of carbonyl (C=O) groups excluding carboxylic acids is 1. The smallest absolute Gasteiger partial charge is 0.331 e. The predicted molar refractivity (Wildman–Crippen MR) is 141 cm³/mol. The van der Waals surface area contributed by atoms with Crippen LogP contribution in [0.25, 0.3) is 0 Å². The summed E-state index contributed by atoms with van der Waals surface area (Å²) >= 11 is 6.33. The number of hydrogen-bond donors (Lipinski definition) is 1. The fraction of sp³-hybridized carbons (Fsp3) is 0.519. The molecule has 0 unspecified atom stereocenters. The number of rotatable bonds is 7. The van der Waals surface area contributed by atoms with Crippen molar-refractivity contribution in [2.45, 2.75) is 42.4 Å². The van der Waals surface area contributed by atoms with Gasteiger partial charge in [-0.1, -0.05) is 17.7 Å². The second-order valence-corrected chi connectivity index (χ2v) is 12.5. The summed E-state index contributed by atoms with van der Waals surface area (Å²) in [5.74, 6) is 0.922. The van der Waals surface area contributed by atoms with Crippen LogP contribution in [-0.2, 0) is 36.1 Å². The molecule has 3 atom stereocenters. The summed E-state index contributed by atoms with van der Waals surface area (Å²) in [4.78, 5) is 13.8. The Hall–Kier alpha value is -2.33. The van der Waals surface area contributed by atoms with E-state index in [9.17, 15) is 13.2 Å². The lowest BCUT2D eigenvalue weighted by Crippen LogP contribution is -2.48. The van der Waals surface area contributed by atoms with Gasteiger partial charge in [-0.2, -0.15) is 0 Å². The number of fused-ring (bicyclic) bond motifs is 3. The number of aryl methyl sites for hydroxylation is 1. The molecular formula is C27H33ClN2O6S. The standard InChI is InChI=1S/C27H33ClN2O6S/c1-34-26(31)15-35-14-20-5-4-19(20)13-30-16-27(10-2-3-18-11-21(28)6-8-23(18)27)17-36-25-9-7-22(12-24(25)30)37(29,32)33/h6-9,11-12,19-20H,2-5,10,13-17H2,1H3,(H2,29,32,33)/t19-,20-,27-/m0/s1. The molecule has 1 saturated carbocycles. The van der Waals surface area contributed by atoms with Gasteiger partial charge in [-0.3, -0.25) is 0 Å². The van der Waals surface area contributed by atoms with Crippen molar-refractivity contribution >= 4 is 33.3 Å². The Labute approximate surface area is 223 Å². The molecule has 2 aliphatic carbocycles. The molecule has 0 saturated heterocycles. The first-order valence-electron chi connectivity index (χ1n) is 12.7. The van der Waals surface area contributed by atoms with Crippen LogP contribution in [0.15, 0.2) is 41.3 Å². The van der Waals surface area contributed by atoms with E-state index in [0.717, 1.165) is 49.4 Å². The highest BCUT2D eigenvalue weighted by Gasteiger charge is 2.43. The lowest BCUT2D eigenvalue weighted by Gasteiger charge is -2.44. The van der Waals surface area contributed by atoms with Gasteiger partial charge in [-0.05, 0) is 85.4 Å². The number of benzene rings is 2. The Morgan fingerprint density at radius 3 is 2.76 bits per heavy atom. The monoisotopic (exact) mass is 548 g/mol. The zero-order chi connectivity index (χ0) is 26.2. The van der Waals surface area contributed by atoms with Crippen molar-refractivity contribution in [1.29, 1.82) is 0 Å². The van der Waals surface area contributed by atoms with E-state index < -0.39 is 10.0 Å². The summed E-state index contributed by atoms with van der Waals surface area (Å²) in [7, 11) is -2.53. The first kappa shape index (κ1) is 26.3. The minimum absolute atomic E-state index is 0.0553. The highest BCUT2D eigenvalue weighted by molar-refractivity contribution is 7.89. The minimum Gasteiger partial charge on any atom is -0.490 e. The number of carbonyl (C=O) groups is 1. The molecule has 1 spiro atoms. The first-order chi connectivity index (χ1) is 17.7. The van der Waals surface area contributed by atoms with Crippen molar-refractivity contribution in [3.8, 4) is 5.75 Å². The zero-order valence-corrected chi connectivity index (χ0v) is 22.5. The van der Waals surface area contributed by atoms with Crippen molar-refractivity contribution in [3.05, 3.63) is 52.5 Å². The van der Waals surface area contributed by atoms with E-state index in [0.29, 0.717) is 37.3 Å². The van der Waals surface area contributed by atoms with Crippen LogP contribution in [0.2, 0.25) is 5.02 Å². The molecule has 0 bridgehead atoms. The highest BCUT2D eigenvalue weighted by Crippen LogP contribution is 2.46. The zero-order valence-electron chi connectivity index (χ0n) is 21.0. The Kier molecular flexibility index (Phi) is 7.42. The highest BCUT2D eigenvalue weighted by atomic mass is 35.5. The molecule has 10 heteroatoms. The molecule has 2 aromatic carbocycles. The van der Waals surface area contributed by atoms with Crippen LogP contribution >= 0.6 is 11.6 Å². The van der Waals surface area contributed by atoms with Crippen LogP contribution < -0.4 is 14.8 Å². The van der Waals surface area contributed by atoms with Crippen molar-refractivity contribution in [2.24, 2.45) is 17.0 Å². The molecule has 1 fully saturated rings. The maximum Gasteiger partial charge on any atom is 0.331 e. The van der Waals surface area contributed by atoms with E-state index in [1.54, 1.807) is 12.1 Å². The van der Waals surface area contributed by atoms with E-state index >= 15 is 0 Å². The Morgan fingerprint density at radius 1 is 1.22 bits per heavy atom. The van der Waals surface area contributed by atoms with Gasteiger partial charge in [0.1, 0.15) is 12.4 Å². The van der Waals surface area contributed by atoms with E-state index in [-0.39, 0.29) is 22.9 Å². The number of sulfonamides is 1.